The van der Waals surface area contributed by atoms with Gasteiger partial charge in [0.15, 0.2) is 0 Å². The minimum atomic E-state index is -1.94. The van der Waals surface area contributed by atoms with Crippen LogP contribution >= 0.6 is 0 Å². The van der Waals surface area contributed by atoms with E-state index in [1.807, 2.05) is 6.08 Å². The summed E-state index contributed by atoms with van der Waals surface area (Å²) in [6, 6.07) is 0. The fourth-order valence-electron chi connectivity index (χ4n) is 1.92. The van der Waals surface area contributed by atoms with Crippen LogP contribution in [-0.2, 0) is 0 Å². The maximum absolute atomic E-state index is 3.61. The summed E-state index contributed by atoms with van der Waals surface area (Å²) < 4.78 is 5.21. The van der Waals surface area contributed by atoms with E-state index in [1.54, 1.807) is 1.60 Å². The van der Waals surface area contributed by atoms with E-state index in [2.05, 4.69) is 60.0 Å². The molecule has 0 aliphatic rings. The van der Waals surface area contributed by atoms with Crippen LogP contribution in [0.3, 0.4) is 0 Å². The fraction of sp³-hybridized carbons (Fsp3) is 0.643. The summed E-state index contributed by atoms with van der Waals surface area (Å²) >= 11 is -5.79. The third-order valence-corrected chi connectivity index (χ3v) is 42.9. The Kier molecular flexibility index (Phi) is 7.36. The van der Waals surface area contributed by atoms with E-state index >= 15 is 0 Å². The van der Waals surface area contributed by atoms with Crippen LogP contribution in [0.1, 0.15) is 0 Å². The van der Waals surface area contributed by atoms with Crippen LogP contribution in [0.15, 0.2) is 13.4 Å². The number of allylic oxidation sites excluding steroid dienone is 1. The van der Waals surface area contributed by atoms with E-state index in [-0.39, 0.29) is 0 Å². The Labute approximate surface area is 121 Å². The second-order valence-corrected chi connectivity index (χ2v) is 53.9. The number of rotatable bonds is 2. The number of hydrogen-bond donors (Lipinski definition) is 0. The Hall–Kier alpha value is 1.48. The van der Waals surface area contributed by atoms with Gasteiger partial charge in [-0.25, -0.2) is 0 Å². The van der Waals surface area contributed by atoms with Crippen LogP contribution in [0.4, 0.5) is 0 Å². The summed E-state index contributed by atoms with van der Waals surface area (Å²) in [5.74, 6) is 3.25. The molecule has 0 aliphatic carbocycles. The third kappa shape index (κ3) is 9.08. The molecule has 0 radical (unpaired) electrons. The van der Waals surface area contributed by atoms with Crippen molar-refractivity contribution >= 4 is 55.1 Å². The molecule has 0 rings (SSSR count). The molecule has 0 saturated carbocycles. The van der Waals surface area contributed by atoms with E-state index < -0.39 is 55.1 Å². The maximum atomic E-state index is 3.61. The molecular formula is C14H28Sn3. The summed E-state index contributed by atoms with van der Waals surface area (Å²) in [4.78, 5) is 22.1. The molecule has 0 aliphatic heterocycles. The van der Waals surface area contributed by atoms with Crippen molar-refractivity contribution in [2.45, 2.75) is 44.5 Å². The van der Waals surface area contributed by atoms with Crippen LogP contribution in [0.2, 0.25) is 44.5 Å². The van der Waals surface area contributed by atoms with Gasteiger partial charge in [-0.05, 0) is 0 Å². The summed E-state index contributed by atoms with van der Waals surface area (Å²) in [6.45, 7) is 0. The molecule has 0 spiro atoms. The predicted molar refractivity (Wildman–Crippen MR) is 89.4 cm³/mol. The SMILES string of the molecule is [CH3][Sn]([CH3])([CH3])[C]#CC=C=[C]([Sn]([CH3])([CH3])[CH3])[Sn]([CH3])([CH3])[CH3]. The van der Waals surface area contributed by atoms with Crippen LogP contribution < -0.4 is 0 Å². The Morgan fingerprint density at radius 3 is 1.47 bits per heavy atom. The number of hydrogen-bond acceptors (Lipinski definition) is 0. The molecule has 0 saturated heterocycles. The first-order valence-electron chi connectivity index (χ1n) is 6.33. The molecule has 0 unspecified atom stereocenters. The Bertz CT molecular complexity index is 364. The van der Waals surface area contributed by atoms with Crippen LogP contribution in [0.5, 0.6) is 0 Å². The minimum absolute atomic E-state index is 1.76. The van der Waals surface area contributed by atoms with Gasteiger partial charge in [-0.2, -0.15) is 0 Å². The van der Waals surface area contributed by atoms with Crippen molar-refractivity contribution in [1.29, 1.82) is 0 Å². The first-order chi connectivity index (χ1) is 7.34. The molecule has 17 heavy (non-hydrogen) atoms. The molecule has 0 amide bonds. The molecule has 0 aromatic heterocycles. The molecule has 0 fully saturated rings. The second kappa shape index (κ2) is 6.77. The third-order valence-electron chi connectivity index (χ3n) is 2.24. The summed E-state index contributed by atoms with van der Waals surface area (Å²) in [5, 5.41) is 0. The zero-order valence-corrected chi connectivity index (χ0v) is 21.6. The van der Waals surface area contributed by atoms with Gasteiger partial charge in [0, 0.05) is 0 Å². The van der Waals surface area contributed by atoms with Gasteiger partial charge in [-0.1, -0.05) is 0 Å². The van der Waals surface area contributed by atoms with E-state index in [4.69, 9.17) is 0 Å². The summed E-state index contributed by atoms with van der Waals surface area (Å²) in [5.41, 5.74) is 3.61. The Balaban J connectivity index is 5.36. The van der Waals surface area contributed by atoms with Crippen molar-refractivity contribution in [3.8, 4) is 9.86 Å². The van der Waals surface area contributed by atoms with Crippen molar-refractivity contribution in [2.24, 2.45) is 0 Å². The van der Waals surface area contributed by atoms with Gasteiger partial charge in [0.25, 0.3) is 0 Å². The molecule has 0 heterocycles. The molecule has 3 heteroatoms. The summed E-state index contributed by atoms with van der Waals surface area (Å²) in [7, 11) is 0. The van der Waals surface area contributed by atoms with E-state index in [0.29, 0.717) is 0 Å². The topological polar surface area (TPSA) is 0 Å². The Morgan fingerprint density at radius 1 is 0.765 bits per heavy atom. The average Bonchev–Trinajstić information content (AvgIpc) is 1.95. The van der Waals surface area contributed by atoms with Gasteiger partial charge in [0.1, 0.15) is 0 Å². The molecule has 0 aromatic carbocycles. The van der Waals surface area contributed by atoms with Crippen molar-refractivity contribution in [1.82, 2.24) is 0 Å². The zero-order chi connectivity index (χ0) is 13.9. The molecule has 0 bridgehead atoms. The molecule has 0 atom stereocenters. The van der Waals surface area contributed by atoms with E-state index in [1.165, 1.54) is 0 Å². The van der Waals surface area contributed by atoms with Gasteiger partial charge in [0.2, 0.25) is 0 Å². The standard InChI is InChI=1S/C5H.9CH3.3Sn/c1-3-5-4-2;;;;;;;;;;;;/h5H;9*1H3;;;. The molecule has 0 N–H and O–H groups in total. The monoisotopic (exact) mass is 556 g/mol. The van der Waals surface area contributed by atoms with Crippen LogP contribution in [0, 0.1) is 9.86 Å². The Morgan fingerprint density at radius 2 is 1.18 bits per heavy atom. The van der Waals surface area contributed by atoms with E-state index in [9.17, 15) is 0 Å². The van der Waals surface area contributed by atoms with Crippen molar-refractivity contribution < 1.29 is 0 Å². The first kappa shape index (κ1) is 18.5. The average molecular weight is 553 g/mol. The van der Waals surface area contributed by atoms with Gasteiger partial charge < -0.3 is 0 Å². The quantitative estimate of drug-likeness (QED) is 0.265. The molecular weight excluding hydrogens is 524 g/mol. The van der Waals surface area contributed by atoms with Gasteiger partial charge in [-0.3, -0.25) is 0 Å². The fourth-order valence-corrected chi connectivity index (χ4v) is 55.7. The van der Waals surface area contributed by atoms with Gasteiger partial charge in [0.05, 0.1) is 0 Å². The second-order valence-electron chi connectivity index (χ2n) is 7.68. The first-order valence-corrected chi connectivity index (χ1v) is 36.3. The van der Waals surface area contributed by atoms with Crippen molar-refractivity contribution in [2.75, 3.05) is 0 Å². The normalized spacial score (nSPS) is 12.3. The van der Waals surface area contributed by atoms with Crippen LogP contribution in [0.25, 0.3) is 0 Å². The van der Waals surface area contributed by atoms with E-state index in [0.717, 1.165) is 0 Å². The molecule has 96 valence electrons. The summed E-state index contributed by atoms with van der Waals surface area (Å²) in [6.07, 6.45) is 2.03. The van der Waals surface area contributed by atoms with Crippen molar-refractivity contribution in [3.63, 3.8) is 0 Å². The molecule has 0 nitrogen and oxygen atoms in total. The predicted octanol–water partition coefficient (Wildman–Crippen LogP) is 4.70. The van der Waals surface area contributed by atoms with Gasteiger partial charge in [-0.15, -0.1) is 0 Å². The van der Waals surface area contributed by atoms with Crippen LogP contribution in [-0.4, -0.2) is 55.1 Å². The van der Waals surface area contributed by atoms with Crippen molar-refractivity contribution in [3.05, 3.63) is 13.4 Å². The molecule has 0 aromatic rings. The van der Waals surface area contributed by atoms with Gasteiger partial charge >= 0.3 is 123 Å². The zero-order valence-electron chi connectivity index (χ0n) is 13.1.